The fraction of sp³-hybridized carbons (Fsp3) is 0.545. The van der Waals surface area contributed by atoms with Gasteiger partial charge < -0.3 is 28.4 Å². The summed E-state index contributed by atoms with van der Waals surface area (Å²) in [6, 6.07) is 12.6. The molecule has 0 unspecified atom stereocenters. The topological polar surface area (TPSA) is 55.4 Å². The predicted octanol–water partition coefficient (Wildman–Crippen LogP) is 2.95. The van der Waals surface area contributed by atoms with Crippen molar-refractivity contribution in [3.63, 3.8) is 0 Å². The molecule has 6 nitrogen and oxygen atoms in total. The van der Waals surface area contributed by atoms with Crippen molar-refractivity contribution in [2.75, 3.05) is 66.1 Å². The summed E-state index contributed by atoms with van der Waals surface area (Å²) in [6.07, 6.45) is 0. The van der Waals surface area contributed by atoms with Crippen molar-refractivity contribution in [2.24, 2.45) is 0 Å². The highest BCUT2D eigenvalue weighted by atomic mass is 16.6. The van der Waals surface area contributed by atoms with E-state index >= 15 is 0 Å². The van der Waals surface area contributed by atoms with Crippen LogP contribution >= 0.6 is 0 Å². The average molecular weight is 390 g/mol. The van der Waals surface area contributed by atoms with Gasteiger partial charge in [0.2, 0.25) is 0 Å². The van der Waals surface area contributed by atoms with Gasteiger partial charge in [0.25, 0.3) is 0 Å². The molecule has 0 saturated heterocycles. The van der Waals surface area contributed by atoms with Gasteiger partial charge in [-0.1, -0.05) is 36.4 Å². The first-order chi connectivity index (χ1) is 13.9. The fourth-order valence-corrected chi connectivity index (χ4v) is 3.05. The van der Waals surface area contributed by atoms with Crippen LogP contribution in [0.2, 0.25) is 0 Å². The fourth-order valence-electron chi connectivity index (χ4n) is 3.05. The van der Waals surface area contributed by atoms with E-state index < -0.39 is 0 Å². The normalized spacial score (nSPS) is 19.7. The lowest BCUT2D eigenvalue weighted by atomic mass is 10.0. The van der Waals surface area contributed by atoms with Gasteiger partial charge in [0.1, 0.15) is 0 Å². The van der Waals surface area contributed by atoms with E-state index in [4.69, 9.17) is 28.4 Å². The van der Waals surface area contributed by atoms with Gasteiger partial charge in [0.15, 0.2) is 0 Å². The van der Waals surface area contributed by atoms with Crippen LogP contribution in [-0.2, 0) is 41.6 Å². The lowest BCUT2D eigenvalue weighted by Crippen LogP contribution is -2.14. The molecule has 2 aromatic rings. The first-order valence-corrected chi connectivity index (χ1v) is 9.91. The molecule has 28 heavy (non-hydrogen) atoms. The molecule has 3 rings (SSSR count). The molecule has 0 saturated carbocycles. The zero-order valence-corrected chi connectivity index (χ0v) is 16.4. The van der Waals surface area contributed by atoms with Gasteiger partial charge in [0.05, 0.1) is 79.3 Å². The zero-order valence-electron chi connectivity index (χ0n) is 16.4. The first-order valence-electron chi connectivity index (χ1n) is 9.91. The molecule has 1 heterocycles. The molecule has 0 spiro atoms. The van der Waals surface area contributed by atoms with Crippen LogP contribution in [-0.4, -0.2) is 66.1 Å². The van der Waals surface area contributed by atoms with Crippen molar-refractivity contribution in [3.05, 3.63) is 47.5 Å². The Kier molecular flexibility index (Phi) is 9.70. The number of rotatable bonds is 0. The second-order valence-electron chi connectivity index (χ2n) is 6.48. The number of benzene rings is 2. The molecule has 154 valence electrons. The second-order valence-corrected chi connectivity index (χ2v) is 6.48. The molecule has 0 fully saturated rings. The highest BCUT2D eigenvalue weighted by Gasteiger charge is 2.06. The Morgan fingerprint density at radius 2 is 0.714 bits per heavy atom. The zero-order chi connectivity index (χ0) is 19.3. The van der Waals surface area contributed by atoms with Crippen molar-refractivity contribution in [3.8, 4) is 0 Å². The second kappa shape index (κ2) is 12.8. The largest absolute Gasteiger partial charge is 0.377 e. The minimum Gasteiger partial charge on any atom is -0.377 e. The Morgan fingerprint density at radius 1 is 0.393 bits per heavy atom. The molecular weight excluding hydrogens is 360 g/mol. The monoisotopic (exact) mass is 390 g/mol. The van der Waals surface area contributed by atoms with Crippen LogP contribution in [0.4, 0.5) is 0 Å². The van der Waals surface area contributed by atoms with Crippen molar-refractivity contribution >= 4 is 10.8 Å². The Morgan fingerprint density at radius 3 is 1.07 bits per heavy atom. The Labute approximate surface area is 166 Å². The van der Waals surface area contributed by atoms with Crippen LogP contribution in [0.5, 0.6) is 0 Å². The molecule has 2 aromatic carbocycles. The summed E-state index contributed by atoms with van der Waals surface area (Å²) in [4.78, 5) is 0. The van der Waals surface area contributed by atoms with Crippen molar-refractivity contribution in [2.45, 2.75) is 13.2 Å². The molecule has 1 aliphatic rings. The van der Waals surface area contributed by atoms with Crippen LogP contribution in [0, 0.1) is 0 Å². The highest BCUT2D eigenvalue weighted by Crippen LogP contribution is 2.23. The number of ether oxygens (including phenoxy) is 6. The van der Waals surface area contributed by atoms with E-state index in [1.54, 1.807) is 0 Å². The third kappa shape index (κ3) is 7.13. The molecule has 0 N–H and O–H groups in total. The van der Waals surface area contributed by atoms with Gasteiger partial charge in [-0.15, -0.1) is 0 Å². The SMILES string of the molecule is c1cc2c3cccc(c3c1)COCCOCCOCCOCCOCCOC2. The first kappa shape index (κ1) is 21.2. The van der Waals surface area contributed by atoms with Crippen LogP contribution in [0.3, 0.4) is 0 Å². The lowest BCUT2D eigenvalue weighted by Gasteiger charge is -2.12. The standard InChI is InChI=1S/C22H30O6/c1-3-19-17-27-15-13-25-11-9-23-7-8-24-10-12-26-14-16-28-18-20-4-2-6-22(19)21(20)5-1/h1-6H,7-18H2. The van der Waals surface area contributed by atoms with Crippen molar-refractivity contribution < 1.29 is 28.4 Å². The predicted molar refractivity (Wildman–Crippen MR) is 107 cm³/mol. The van der Waals surface area contributed by atoms with Crippen LogP contribution in [0.25, 0.3) is 10.8 Å². The van der Waals surface area contributed by atoms with E-state index in [1.165, 1.54) is 21.9 Å². The van der Waals surface area contributed by atoms with E-state index in [1.807, 2.05) is 0 Å². The molecule has 0 aliphatic carbocycles. The maximum atomic E-state index is 5.80. The summed E-state index contributed by atoms with van der Waals surface area (Å²) in [6.45, 7) is 6.71. The van der Waals surface area contributed by atoms with Crippen LogP contribution < -0.4 is 0 Å². The average Bonchev–Trinajstić information content (AvgIpc) is 2.72. The molecule has 0 aromatic heterocycles. The molecule has 0 amide bonds. The molecule has 4 bridgehead atoms. The van der Waals surface area contributed by atoms with E-state index in [-0.39, 0.29) is 0 Å². The van der Waals surface area contributed by atoms with Crippen molar-refractivity contribution in [1.29, 1.82) is 0 Å². The van der Waals surface area contributed by atoms with E-state index in [2.05, 4.69) is 36.4 Å². The Balaban J connectivity index is 1.58. The lowest BCUT2D eigenvalue weighted by molar-refractivity contribution is -0.0185. The quantitative estimate of drug-likeness (QED) is 0.689. The summed E-state index contributed by atoms with van der Waals surface area (Å²) in [7, 11) is 0. The minimum atomic E-state index is 0.557. The summed E-state index contributed by atoms with van der Waals surface area (Å²) in [5, 5.41) is 2.40. The van der Waals surface area contributed by atoms with E-state index in [0.29, 0.717) is 79.3 Å². The summed E-state index contributed by atoms with van der Waals surface area (Å²) in [5.41, 5.74) is 2.35. The van der Waals surface area contributed by atoms with Gasteiger partial charge >= 0.3 is 0 Å². The van der Waals surface area contributed by atoms with Crippen LogP contribution in [0.15, 0.2) is 36.4 Å². The summed E-state index contributed by atoms with van der Waals surface area (Å²) < 4.78 is 33.6. The van der Waals surface area contributed by atoms with Gasteiger partial charge in [-0.2, -0.15) is 0 Å². The maximum absolute atomic E-state index is 5.80. The molecular formula is C22H30O6. The Bertz CT molecular complexity index is 631. The number of hydrogen-bond donors (Lipinski definition) is 0. The van der Waals surface area contributed by atoms with Crippen LogP contribution in [0.1, 0.15) is 11.1 Å². The van der Waals surface area contributed by atoms with Crippen molar-refractivity contribution in [1.82, 2.24) is 0 Å². The Hall–Kier alpha value is -1.54. The summed E-state index contributed by atoms with van der Waals surface area (Å²) in [5.74, 6) is 0. The molecule has 6 heteroatoms. The minimum absolute atomic E-state index is 0.557. The number of hydrogen-bond acceptors (Lipinski definition) is 6. The van der Waals surface area contributed by atoms with E-state index in [0.717, 1.165) is 0 Å². The van der Waals surface area contributed by atoms with Gasteiger partial charge in [-0.3, -0.25) is 0 Å². The van der Waals surface area contributed by atoms with Gasteiger partial charge in [0, 0.05) is 0 Å². The van der Waals surface area contributed by atoms with Gasteiger partial charge in [-0.05, 0) is 21.9 Å². The van der Waals surface area contributed by atoms with E-state index in [9.17, 15) is 0 Å². The van der Waals surface area contributed by atoms with Gasteiger partial charge in [-0.25, -0.2) is 0 Å². The third-order valence-electron chi connectivity index (χ3n) is 4.48. The molecule has 0 radical (unpaired) electrons. The molecule has 0 atom stereocenters. The molecule has 1 aliphatic heterocycles. The highest BCUT2D eigenvalue weighted by molar-refractivity contribution is 5.88. The third-order valence-corrected chi connectivity index (χ3v) is 4.48. The summed E-state index contributed by atoms with van der Waals surface area (Å²) >= 11 is 0. The maximum Gasteiger partial charge on any atom is 0.0724 e. The smallest absolute Gasteiger partial charge is 0.0724 e.